The lowest BCUT2D eigenvalue weighted by atomic mass is 9.90. The first-order chi connectivity index (χ1) is 12.3. The van der Waals surface area contributed by atoms with E-state index in [0.29, 0.717) is 24.2 Å². The number of benzene rings is 1. The van der Waals surface area contributed by atoms with E-state index in [4.69, 9.17) is 9.47 Å². The van der Waals surface area contributed by atoms with Gasteiger partial charge in [-0.3, -0.25) is 0 Å². The van der Waals surface area contributed by atoms with Crippen LogP contribution in [0.15, 0.2) is 12.1 Å². The van der Waals surface area contributed by atoms with Gasteiger partial charge < -0.3 is 9.47 Å². The third kappa shape index (κ3) is 4.05. The van der Waals surface area contributed by atoms with Crippen LogP contribution in [0.3, 0.4) is 0 Å². The van der Waals surface area contributed by atoms with E-state index < -0.39 is 17.4 Å². The molecule has 4 heteroatoms. The third-order valence-corrected chi connectivity index (χ3v) is 5.86. The van der Waals surface area contributed by atoms with Crippen LogP contribution in [0.5, 0.6) is 5.75 Å². The van der Waals surface area contributed by atoms with E-state index >= 15 is 0 Å². The molecule has 0 amide bonds. The van der Waals surface area contributed by atoms with Crippen molar-refractivity contribution in [3.8, 4) is 5.75 Å². The van der Waals surface area contributed by atoms with Gasteiger partial charge in [-0.15, -0.1) is 0 Å². The summed E-state index contributed by atoms with van der Waals surface area (Å²) in [4.78, 5) is 12.3. The maximum absolute atomic E-state index is 14.6. The molecule has 3 aliphatic rings. The van der Waals surface area contributed by atoms with Crippen LogP contribution >= 0.6 is 0 Å². The van der Waals surface area contributed by atoms with Gasteiger partial charge in [0.2, 0.25) is 0 Å². The van der Waals surface area contributed by atoms with E-state index in [9.17, 15) is 9.18 Å². The number of carbonyl (C=O) groups excluding carboxylic acids is 1. The molecule has 0 bridgehead atoms. The largest absolute Gasteiger partial charge is 0.493 e. The standard InChI is InChI=1S/C22H29FO3/c1-22(2,3)26-21(24)18-10-17(14-6-7-14)20(11-19(18)23)25-12-13-4-5-15-9-16(15)8-13/h10-11,13-16H,4-9,12H2,1-3H3/t13?,15-,16+/m0/s1. The lowest BCUT2D eigenvalue weighted by molar-refractivity contribution is 0.00645. The highest BCUT2D eigenvalue weighted by Crippen LogP contribution is 2.51. The Morgan fingerprint density at radius 3 is 2.54 bits per heavy atom. The second kappa shape index (κ2) is 6.54. The summed E-state index contributed by atoms with van der Waals surface area (Å²) in [5, 5.41) is 0. The van der Waals surface area contributed by atoms with Crippen LogP contribution in [0.25, 0.3) is 0 Å². The van der Waals surface area contributed by atoms with Gasteiger partial charge in [0.25, 0.3) is 0 Å². The Labute approximate surface area is 155 Å². The highest BCUT2D eigenvalue weighted by molar-refractivity contribution is 5.90. The number of carbonyl (C=O) groups is 1. The Bertz CT molecular complexity index is 702. The smallest absolute Gasteiger partial charge is 0.341 e. The molecule has 4 rings (SSSR count). The van der Waals surface area contributed by atoms with E-state index in [0.717, 1.165) is 30.2 Å². The molecule has 0 aromatic heterocycles. The van der Waals surface area contributed by atoms with E-state index in [2.05, 4.69) is 0 Å². The highest BCUT2D eigenvalue weighted by atomic mass is 19.1. The summed E-state index contributed by atoms with van der Waals surface area (Å²) >= 11 is 0. The number of esters is 1. The molecule has 3 atom stereocenters. The maximum atomic E-state index is 14.6. The van der Waals surface area contributed by atoms with Crippen molar-refractivity contribution in [1.29, 1.82) is 0 Å². The fourth-order valence-electron chi connectivity index (χ4n) is 4.21. The van der Waals surface area contributed by atoms with Gasteiger partial charge in [-0.2, -0.15) is 0 Å². The SMILES string of the molecule is CC(C)(C)OC(=O)c1cc(C2CC2)c(OCC2CC[C@H]3C[C@H]3C2)cc1F. The number of rotatable bonds is 5. The number of ether oxygens (including phenoxy) is 2. The molecule has 0 N–H and O–H groups in total. The fraction of sp³-hybridized carbons (Fsp3) is 0.682. The Balaban J connectivity index is 1.49. The summed E-state index contributed by atoms with van der Waals surface area (Å²) in [6.07, 6.45) is 7.33. The van der Waals surface area contributed by atoms with Crippen molar-refractivity contribution in [2.75, 3.05) is 6.61 Å². The zero-order chi connectivity index (χ0) is 18.5. The van der Waals surface area contributed by atoms with Crippen molar-refractivity contribution in [3.63, 3.8) is 0 Å². The van der Waals surface area contributed by atoms with Gasteiger partial charge in [0.1, 0.15) is 17.2 Å². The van der Waals surface area contributed by atoms with Crippen molar-refractivity contribution in [2.24, 2.45) is 17.8 Å². The second-order valence-corrected chi connectivity index (χ2v) is 9.39. The van der Waals surface area contributed by atoms with E-state index in [1.165, 1.54) is 31.7 Å². The second-order valence-electron chi connectivity index (χ2n) is 9.39. The fourth-order valence-corrected chi connectivity index (χ4v) is 4.21. The molecular weight excluding hydrogens is 331 g/mol. The van der Waals surface area contributed by atoms with Crippen molar-refractivity contribution in [1.82, 2.24) is 0 Å². The van der Waals surface area contributed by atoms with Crippen LogP contribution in [0.2, 0.25) is 0 Å². The first-order valence-electron chi connectivity index (χ1n) is 10.00. The maximum Gasteiger partial charge on any atom is 0.341 e. The van der Waals surface area contributed by atoms with Gasteiger partial charge in [-0.1, -0.05) is 0 Å². The minimum Gasteiger partial charge on any atom is -0.493 e. The molecule has 0 aliphatic heterocycles. The molecule has 3 aliphatic carbocycles. The van der Waals surface area contributed by atoms with Crippen LogP contribution in [0.4, 0.5) is 4.39 Å². The molecule has 0 saturated heterocycles. The van der Waals surface area contributed by atoms with Crippen LogP contribution < -0.4 is 4.74 Å². The molecule has 0 heterocycles. The lowest BCUT2D eigenvalue weighted by Crippen LogP contribution is -2.24. The van der Waals surface area contributed by atoms with Gasteiger partial charge in [0.05, 0.1) is 12.2 Å². The molecule has 26 heavy (non-hydrogen) atoms. The molecule has 3 saturated carbocycles. The van der Waals surface area contributed by atoms with Crippen LogP contribution in [0.1, 0.15) is 81.1 Å². The average Bonchev–Trinajstić information content (AvgIpc) is 3.43. The summed E-state index contributed by atoms with van der Waals surface area (Å²) < 4.78 is 26.0. The van der Waals surface area contributed by atoms with Gasteiger partial charge in [-0.25, -0.2) is 9.18 Å². The Kier molecular flexibility index (Phi) is 4.48. The van der Waals surface area contributed by atoms with Gasteiger partial charge in [0.15, 0.2) is 0 Å². The van der Waals surface area contributed by atoms with Crippen molar-refractivity contribution < 1.29 is 18.7 Å². The quantitative estimate of drug-likeness (QED) is 0.653. The van der Waals surface area contributed by atoms with Gasteiger partial charge in [-0.05, 0) is 94.6 Å². The normalized spacial score (nSPS) is 27.6. The minimum atomic E-state index is -0.639. The predicted octanol–water partition coefficient (Wildman–Crippen LogP) is 5.47. The molecule has 0 radical (unpaired) electrons. The Morgan fingerprint density at radius 2 is 1.88 bits per heavy atom. The van der Waals surface area contributed by atoms with Crippen LogP contribution in [-0.4, -0.2) is 18.2 Å². The van der Waals surface area contributed by atoms with Gasteiger partial charge >= 0.3 is 5.97 Å². The molecular formula is C22H29FO3. The molecule has 3 nitrogen and oxygen atoms in total. The topological polar surface area (TPSA) is 35.5 Å². The molecule has 3 fully saturated rings. The van der Waals surface area contributed by atoms with E-state index in [-0.39, 0.29) is 5.56 Å². The Morgan fingerprint density at radius 1 is 1.12 bits per heavy atom. The summed E-state index contributed by atoms with van der Waals surface area (Å²) in [5.41, 5.74) is 0.347. The monoisotopic (exact) mass is 360 g/mol. The minimum absolute atomic E-state index is 0.0210. The third-order valence-electron chi connectivity index (χ3n) is 5.86. The summed E-state index contributed by atoms with van der Waals surface area (Å²) in [5.74, 6) is 2.31. The highest BCUT2D eigenvalue weighted by Gasteiger charge is 2.42. The van der Waals surface area contributed by atoms with E-state index in [1.807, 2.05) is 0 Å². The average molecular weight is 360 g/mol. The predicted molar refractivity (Wildman–Crippen MR) is 98.0 cm³/mol. The molecule has 1 aromatic carbocycles. The number of hydrogen-bond donors (Lipinski definition) is 0. The summed E-state index contributed by atoms with van der Waals surface area (Å²) in [6.45, 7) is 6.03. The van der Waals surface area contributed by atoms with E-state index in [1.54, 1.807) is 26.8 Å². The summed E-state index contributed by atoms with van der Waals surface area (Å²) in [7, 11) is 0. The Hall–Kier alpha value is -1.58. The van der Waals surface area contributed by atoms with Crippen molar-refractivity contribution in [3.05, 3.63) is 29.1 Å². The number of halogens is 1. The zero-order valence-corrected chi connectivity index (χ0v) is 16.0. The zero-order valence-electron chi connectivity index (χ0n) is 16.0. The van der Waals surface area contributed by atoms with Crippen molar-refractivity contribution >= 4 is 5.97 Å². The molecule has 142 valence electrons. The molecule has 0 spiro atoms. The summed E-state index contributed by atoms with van der Waals surface area (Å²) in [6, 6.07) is 3.06. The number of hydrogen-bond acceptors (Lipinski definition) is 3. The first-order valence-corrected chi connectivity index (χ1v) is 10.00. The first kappa shape index (κ1) is 17.8. The number of fused-ring (bicyclic) bond motifs is 1. The van der Waals surface area contributed by atoms with Crippen molar-refractivity contribution in [2.45, 2.75) is 70.8 Å². The van der Waals surface area contributed by atoms with Crippen LogP contribution in [-0.2, 0) is 4.74 Å². The molecule has 1 unspecified atom stereocenters. The lowest BCUT2D eigenvalue weighted by Gasteiger charge is -2.23. The van der Waals surface area contributed by atoms with Crippen LogP contribution in [0, 0.1) is 23.6 Å². The molecule has 1 aromatic rings. The van der Waals surface area contributed by atoms with Gasteiger partial charge in [0, 0.05) is 6.07 Å².